The number of nitrogens with zero attached hydrogens (tertiary/aromatic N) is 1. The minimum absolute atomic E-state index is 0.495. The zero-order valence-corrected chi connectivity index (χ0v) is 31.2. The largest absolute Gasteiger partial charge is 0.456 e. The van der Waals surface area contributed by atoms with Crippen molar-refractivity contribution in [2.75, 3.05) is 4.90 Å². The molecule has 1 atom stereocenters. The lowest BCUT2D eigenvalue weighted by molar-refractivity contribution is 0.586. The first-order chi connectivity index (χ1) is 28.1. The number of fused-ring (bicyclic) bond motifs is 11. The van der Waals surface area contributed by atoms with Gasteiger partial charge in [0.15, 0.2) is 0 Å². The van der Waals surface area contributed by atoms with E-state index < -0.39 is 0 Å². The zero-order chi connectivity index (χ0) is 37.6. The second kappa shape index (κ2) is 12.4. The minimum Gasteiger partial charge on any atom is -0.456 e. The highest BCUT2D eigenvalue weighted by molar-refractivity contribution is 6.14. The maximum Gasteiger partial charge on any atom is 0.143 e. The Morgan fingerprint density at radius 3 is 1.88 bits per heavy atom. The second-order valence-corrected chi connectivity index (χ2v) is 15.3. The van der Waals surface area contributed by atoms with Crippen LogP contribution in [0.15, 0.2) is 183 Å². The predicted molar refractivity (Wildman–Crippen MR) is 236 cm³/mol. The highest BCUT2D eigenvalue weighted by Gasteiger charge is 2.22. The van der Waals surface area contributed by atoms with Gasteiger partial charge in [0.2, 0.25) is 0 Å². The molecule has 1 unspecified atom stereocenters. The van der Waals surface area contributed by atoms with Crippen LogP contribution in [0.25, 0.3) is 93.9 Å². The summed E-state index contributed by atoms with van der Waals surface area (Å²) in [5.41, 5.74) is 13.4. The molecule has 4 heteroatoms. The van der Waals surface area contributed by atoms with Gasteiger partial charge < -0.3 is 18.2 Å². The monoisotopic (exact) mass is 733 g/mol. The van der Waals surface area contributed by atoms with E-state index in [-0.39, 0.29) is 0 Å². The van der Waals surface area contributed by atoms with Gasteiger partial charge in [0.1, 0.15) is 33.7 Å². The van der Waals surface area contributed by atoms with Crippen molar-refractivity contribution in [2.45, 2.75) is 13.3 Å². The van der Waals surface area contributed by atoms with Crippen LogP contribution in [-0.4, -0.2) is 0 Å². The quantitative estimate of drug-likeness (QED) is 0.177. The number of benzene rings is 8. The van der Waals surface area contributed by atoms with Crippen LogP contribution in [0.4, 0.5) is 17.1 Å². The molecule has 1 aliphatic rings. The third kappa shape index (κ3) is 5.00. The molecule has 12 rings (SSSR count). The van der Waals surface area contributed by atoms with E-state index >= 15 is 0 Å². The second-order valence-electron chi connectivity index (χ2n) is 15.3. The summed E-state index contributed by atoms with van der Waals surface area (Å²) in [6.07, 6.45) is 5.39. The summed E-state index contributed by atoms with van der Waals surface area (Å²) in [4.78, 5) is 2.30. The summed E-state index contributed by atoms with van der Waals surface area (Å²) >= 11 is 0. The van der Waals surface area contributed by atoms with Crippen LogP contribution in [0.1, 0.15) is 18.2 Å². The lowest BCUT2D eigenvalue weighted by Crippen LogP contribution is -2.09. The van der Waals surface area contributed by atoms with E-state index in [2.05, 4.69) is 164 Å². The first kappa shape index (κ1) is 32.0. The molecule has 0 fully saturated rings. The molecule has 0 spiro atoms. The molecular formula is C53H35NO3. The molecule has 11 aromatic rings. The number of anilines is 3. The maximum absolute atomic E-state index is 6.62. The molecule has 4 nitrogen and oxygen atoms in total. The van der Waals surface area contributed by atoms with Crippen molar-refractivity contribution >= 4 is 88.8 Å². The van der Waals surface area contributed by atoms with Gasteiger partial charge in [-0.1, -0.05) is 122 Å². The molecule has 0 radical (unpaired) electrons. The van der Waals surface area contributed by atoms with Gasteiger partial charge in [-0.25, -0.2) is 0 Å². The molecule has 0 aliphatic heterocycles. The smallest absolute Gasteiger partial charge is 0.143 e. The lowest BCUT2D eigenvalue weighted by Gasteiger charge is -2.26. The van der Waals surface area contributed by atoms with Gasteiger partial charge in [0.25, 0.3) is 0 Å². The Morgan fingerprint density at radius 1 is 0.474 bits per heavy atom. The van der Waals surface area contributed by atoms with Gasteiger partial charge in [-0.2, -0.15) is 0 Å². The molecule has 3 aromatic heterocycles. The van der Waals surface area contributed by atoms with Crippen molar-refractivity contribution in [3.05, 3.63) is 181 Å². The van der Waals surface area contributed by atoms with Gasteiger partial charge in [0.05, 0.1) is 0 Å². The van der Waals surface area contributed by atoms with Crippen LogP contribution in [0, 0.1) is 5.92 Å². The SMILES string of the molecule is CC1C=Cc2oc3c(ccc4cccc(-c5ccc(N(c6ccc(-c7cccc8c7oc7ccccc78)cc6)c6ccc7c(c6)oc6ccccc67)cc5)c43)c2C1. The van der Waals surface area contributed by atoms with E-state index in [1.807, 2.05) is 24.3 Å². The van der Waals surface area contributed by atoms with E-state index in [9.17, 15) is 0 Å². The normalized spacial score (nSPS) is 14.1. The Hall–Kier alpha value is -7.30. The van der Waals surface area contributed by atoms with Crippen LogP contribution in [-0.2, 0) is 6.42 Å². The van der Waals surface area contributed by atoms with E-state index in [1.54, 1.807) is 0 Å². The Balaban J connectivity index is 0.983. The van der Waals surface area contributed by atoms with Crippen LogP contribution < -0.4 is 4.90 Å². The molecule has 0 saturated carbocycles. The zero-order valence-electron chi connectivity index (χ0n) is 31.2. The number of hydrogen-bond acceptors (Lipinski definition) is 4. The van der Waals surface area contributed by atoms with Crippen molar-refractivity contribution in [1.29, 1.82) is 0 Å². The lowest BCUT2D eigenvalue weighted by atomic mass is 9.91. The van der Waals surface area contributed by atoms with Gasteiger partial charge in [-0.15, -0.1) is 0 Å². The van der Waals surface area contributed by atoms with E-state index in [0.717, 1.165) is 106 Å². The van der Waals surface area contributed by atoms with Crippen LogP contribution in [0.3, 0.4) is 0 Å². The first-order valence-corrected chi connectivity index (χ1v) is 19.6. The average molecular weight is 734 g/mol. The molecule has 0 amide bonds. The fraction of sp³-hybridized carbons (Fsp3) is 0.0566. The Bertz CT molecular complexity index is 3400. The number of furan rings is 3. The Labute approximate surface area is 328 Å². The van der Waals surface area contributed by atoms with Crippen molar-refractivity contribution in [3.8, 4) is 22.3 Å². The molecule has 0 bridgehead atoms. The highest BCUT2D eigenvalue weighted by atomic mass is 16.3. The molecule has 270 valence electrons. The molecular weight excluding hydrogens is 699 g/mol. The fourth-order valence-corrected chi connectivity index (χ4v) is 9.08. The van der Waals surface area contributed by atoms with Crippen molar-refractivity contribution < 1.29 is 13.3 Å². The van der Waals surface area contributed by atoms with Crippen molar-refractivity contribution in [3.63, 3.8) is 0 Å². The van der Waals surface area contributed by atoms with Crippen molar-refractivity contribution in [2.24, 2.45) is 5.92 Å². The van der Waals surface area contributed by atoms with Gasteiger partial charge in [-0.05, 0) is 89.0 Å². The summed E-state index contributed by atoms with van der Waals surface area (Å²) < 4.78 is 19.4. The predicted octanol–water partition coefficient (Wildman–Crippen LogP) is 15.4. The van der Waals surface area contributed by atoms with Crippen molar-refractivity contribution in [1.82, 2.24) is 0 Å². The minimum atomic E-state index is 0.495. The third-order valence-electron chi connectivity index (χ3n) is 11.8. The van der Waals surface area contributed by atoms with Gasteiger partial charge in [-0.3, -0.25) is 0 Å². The van der Waals surface area contributed by atoms with Gasteiger partial charge >= 0.3 is 0 Å². The fourth-order valence-electron chi connectivity index (χ4n) is 9.08. The summed E-state index contributed by atoms with van der Waals surface area (Å²) in [5, 5.41) is 8.01. The maximum atomic E-state index is 6.62. The molecule has 8 aromatic carbocycles. The number of para-hydroxylation sites is 3. The Morgan fingerprint density at radius 2 is 1.09 bits per heavy atom. The van der Waals surface area contributed by atoms with Gasteiger partial charge in [0, 0.05) is 66.6 Å². The summed E-state index contributed by atoms with van der Waals surface area (Å²) in [6, 6.07) is 58.1. The molecule has 3 heterocycles. The molecule has 0 saturated heterocycles. The van der Waals surface area contributed by atoms with Crippen LogP contribution >= 0.6 is 0 Å². The van der Waals surface area contributed by atoms with E-state index in [4.69, 9.17) is 13.3 Å². The Kier molecular flexibility index (Phi) is 6.93. The summed E-state index contributed by atoms with van der Waals surface area (Å²) in [5.74, 6) is 1.48. The first-order valence-electron chi connectivity index (χ1n) is 19.6. The van der Waals surface area contributed by atoms with E-state index in [0.29, 0.717) is 5.92 Å². The third-order valence-corrected chi connectivity index (χ3v) is 11.8. The summed E-state index contributed by atoms with van der Waals surface area (Å²) in [6.45, 7) is 2.27. The van der Waals surface area contributed by atoms with Crippen LogP contribution in [0.5, 0.6) is 0 Å². The topological polar surface area (TPSA) is 42.7 Å². The average Bonchev–Trinajstić information content (AvgIpc) is 3.95. The number of rotatable bonds is 5. The van der Waals surface area contributed by atoms with E-state index in [1.165, 1.54) is 16.3 Å². The summed E-state index contributed by atoms with van der Waals surface area (Å²) in [7, 11) is 0. The molecule has 0 N–H and O–H groups in total. The number of hydrogen-bond donors (Lipinski definition) is 0. The highest BCUT2D eigenvalue weighted by Crippen LogP contribution is 2.44. The number of allylic oxidation sites excluding steroid dienone is 1. The van der Waals surface area contributed by atoms with Crippen LogP contribution in [0.2, 0.25) is 0 Å². The molecule has 1 aliphatic carbocycles. The standard InChI is InChI=1S/C53H35NO3/c1-32-16-29-49-46(30-32)45-27-21-35-8-6-11-39(51(35)53(45)57-49)33-17-22-36(23-18-33)54(38-26-28-43-41-9-2-4-14-47(41)55-50(43)31-38)37-24-19-34(20-25-37)40-12-7-13-44-42-10-3-5-15-48(42)56-52(40)44/h2-29,31-32H,30H2,1H3. The molecule has 57 heavy (non-hydrogen) atoms.